The van der Waals surface area contributed by atoms with Crippen LogP contribution in [-0.2, 0) is 0 Å². The molecule has 0 radical (unpaired) electrons. The quantitative estimate of drug-likeness (QED) is 0.758. The summed E-state index contributed by atoms with van der Waals surface area (Å²) in [5.74, 6) is 0.900. The zero-order valence-corrected chi connectivity index (χ0v) is 15.1. The van der Waals surface area contributed by atoms with Crippen LogP contribution in [0.1, 0.15) is 73.3 Å². The van der Waals surface area contributed by atoms with Gasteiger partial charge in [0.05, 0.1) is 11.1 Å². The summed E-state index contributed by atoms with van der Waals surface area (Å²) in [5.41, 5.74) is 2.41. The highest BCUT2D eigenvalue weighted by atomic mass is 19.1. The van der Waals surface area contributed by atoms with Gasteiger partial charge in [-0.2, -0.15) is 0 Å². The van der Waals surface area contributed by atoms with Crippen LogP contribution in [0, 0.1) is 11.7 Å². The first kappa shape index (κ1) is 16.2. The summed E-state index contributed by atoms with van der Waals surface area (Å²) in [6.07, 6.45) is 9.47. The molecular formula is C22H25FN2O. The lowest BCUT2D eigenvalue weighted by molar-refractivity contribution is 0.0392. The summed E-state index contributed by atoms with van der Waals surface area (Å²) in [4.78, 5) is 20.4. The highest BCUT2D eigenvalue weighted by Gasteiger charge is 2.37. The third-order valence-corrected chi connectivity index (χ3v) is 6.52. The molecule has 1 aromatic heterocycles. The maximum absolute atomic E-state index is 13.9. The number of piperidine rings is 1. The highest BCUT2D eigenvalue weighted by Crippen LogP contribution is 2.41. The third-order valence-electron chi connectivity index (χ3n) is 6.52. The largest absolute Gasteiger partial charge is 0.335 e. The highest BCUT2D eigenvalue weighted by molar-refractivity contribution is 6.06. The van der Waals surface area contributed by atoms with Crippen molar-refractivity contribution in [3.8, 4) is 0 Å². The van der Waals surface area contributed by atoms with Gasteiger partial charge in [0.2, 0.25) is 0 Å². The number of benzene rings is 1. The van der Waals surface area contributed by atoms with Gasteiger partial charge in [-0.3, -0.25) is 9.78 Å². The number of pyridine rings is 1. The molecule has 1 aliphatic heterocycles. The molecule has 4 heteroatoms. The fraction of sp³-hybridized carbons (Fsp3) is 0.545. The zero-order valence-electron chi connectivity index (χ0n) is 15.1. The van der Waals surface area contributed by atoms with Crippen molar-refractivity contribution >= 4 is 16.8 Å². The topological polar surface area (TPSA) is 33.2 Å². The summed E-state index contributed by atoms with van der Waals surface area (Å²) in [5, 5.41) is 0.664. The van der Waals surface area contributed by atoms with E-state index in [1.54, 1.807) is 6.07 Å². The van der Waals surface area contributed by atoms with Gasteiger partial charge in [0.25, 0.3) is 5.91 Å². The van der Waals surface area contributed by atoms with E-state index in [1.165, 1.54) is 37.8 Å². The zero-order chi connectivity index (χ0) is 17.7. The van der Waals surface area contributed by atoms with Crippen molar-refractivity contribution in [2.75, 3.05) is 6.54 Å². The summed E-state index contributed by atoms with van der Waals surface area (Å²) in [6.45, 7) is 0.831. The molecule has 0 spiro atoms. The van der Waals surface area contributed by atoms with Crippen LogP contribution in [0.15, 0.2) is 24.3 Å². The molecular weight excluding hydrogens is 327 g/mol. The molecule has 2 saturated carbocycles. The van der Waals surface area contributed by atoms with E-state index in [1.807, 2.05) is 6.07 Å². The van der Waals surface area contributed by atoms with Gasteiger partial charge in [0.15, 0.2) is 0 Å². The van der Waals surface area contributed by atoms with Crippen molar-refractivity contribution in [1.82, 2.24) is 9.88 Å². The Morgan fingerprint density at radius 2 is 1.85 bits per heavy atom. The number of nitrogens with zero attached hydrogens (tertiary/aromatic N) is 2. The lowest BCUT2D eigenvalue weighted by atomic mass is 9.78. The molecule has 2 atom stereocenters. The Morgan fingerprint density at radius 1 is 1.04 bits per heavy atom. The Bertz CT molecular complexity index is 859. The first-order chi connectivity index (χ1) is 12.7. The SMILES string of the molecule is O=C(c1cc(C2CC2)nc2ccc(F)cc12)N1CCC[C@@H]2CCCC[C@H]21. The normalized spacial score (nSPS) is 26.0. The molecule has 5 rings (SSSR count). The molecule has 136 valence electrons. The standard InChI is InChI=1S/C22H25FN2O/c23-16-9-10-19-17(12-16)18(13-20(24-19)14-7-8-14)22(26)25-11-3-5-15-4-1-2-6-21(15)25/h9-10,12-15,21H,1-8,11H2/t15-,21+/m0/s1. The molecule has 2 aliphatic carbocycles. The molecule has 0 unspecified atom stereocenters. The van der Waals surface area contributed by atoms with Gasteiger partial charge in [0, 0.05) is 29.6 Å². The first-order valence-corrected chi connectivity index (χ1v) is 10.1. The van der Waals surface area contributed by atoms with Crippen LogP contribution < -0.4 is 0 Å². The van der Waals surface area contributed by atoms with E-state index in [2.05, 4.69) is 4.90 Å². The second-order valence-electron chi connectivity index (χ2n) is 8.28. The second-order valence-corrected chi connectivity index (χ2v) is 8.28. The Balaban J connectivity index is 1.58. The number of halogens is 1. The van der Waals surface area contributed by atoms with E-state index in [-0.39, 0.29) is 11.7 Å². The van der Waals surface area contributed by atoms with Crippen LogP contribution in [-0.4, -0.2) is 28.4 Å². The lowest BCUT2D eigenvalue weighted by Crippen LogP contribution is -2.49. The third kappa shape index (κ3) is 2.80. The number of aromatic nitrogens is 1. The van der Waals surface area contributed by atoms with Gasteiger partial charge in [-0.25, -0.2) is 4.39 Å². The van der Waals surface area contributed by atoms with Gasteiger partial charge < -0.3 is 4.90 Å². The van der Waals surface area contributed by atoms with E-state index in [0.717, 1.165) is 43.4 Å². The Morgan fingerprint density at radius 3 is 2.69 bits per heavy atom. The van der Waals surface area contributed by atoms with Crippen LogP contribution in [0.2, 0.25) is 0 Å². The summed E-state index contributed by atoms with van der Waals surface area (Å²) < 4.78 is 13.9. The maximum Gasteiger partial charge on any atom is 0.254 e. The fourth-order valence-electron chi connectivity index (χ4n) is 5.02. The number of carbonyl (C=O) groups is 1. The van der Waals surface area contributed by atoms with E-state index >= 15 is 0 Å². The molecule has 26 heavy (non-hydrogen) atoms. The molecule has 3 nitrogen and oxygen atoms in total. The maximum atomic E-state index is 13.9. The molecule has 0 N–H and O–H groups in total. The smallest absolute Gasteiger partial charge is 0.254 e. The Hall–Kier alpha value is -1.97. The van der Waals surface area contributed by atoms with Crippen LogP contribution >= 0.6 is 0 Å². The van der Waals surface area contributed by atoms with Crippen molar-refractivity contribution in [1.29, 1.82) is 0 Å². The lowest BCUT2D eigenvalue weighted by Gasteiger charge is -2.44. The van der Waals surface area contributed by atoms with Crippen LogP contribution in [0.4, 0.5) is 4.39 Å². The molecule has 3 aliphatic rings. The number of amides is 1. The average Bonchev–Trinajstić information content (AvgIpc) is 3.51. The van der Waals surface area contributed by atoms with E-state index in [9.17, 15) is 9.18 Å². The molecule has 2 aromatic rings. The number of likely N-dealkylation sites (tertiary alicyclic amines) is 1. The predicted molar refractivity (Wildman–Crippen MR) is 99.7 cm³/mol. The van der Waals surface area contributed by atoms with Crippen LogP contribution in [0.25, 0.3) is 10.9 Å². The van der Waals surface area contributed by atoms with E-state index in [4.69, 9.17) is 4.98 Å². The minimum Gasteiger partial charge on any atom is -0.335 e. The molecule has 1 amide bonds. The second kappa shape index (κ2) is 6.33. The van der Waals surface area contributed by atoms with E-state index < -0.39 is 0 Å². The molecule has 1 aromatic carbocycles. The van der Waals surface area contributed by atoms with Crippen molar-refractivity contribution in [2.45, 2.75) is 63.3 Å². The van der Waals surface area contributed by atoms with Crippen LogP contribution in [0.5, 0.6) is 0 Å². The van der Waals surface area contributed by atoms with Crippen molar-refractivity contribution in [3.63, 3.8) is 0 Å². The van der Waals surface area contributed by atoms with Crippen molar-refractivity contribution in [3.05, 3.63) is 41.3 Å². The number of fused-ring (bicyclic) bond motifs is 2. The number of hydrogen-bond acceptors (Lipinski definition) is 2. The van der Waals surface area contributed by atoms with Crippen molar-refractivity contribution < 1.29 is 9.18 Å². The predicted octanol–water partition coefficient (Wildman–Crippen LogP) is 5.05. The van der Waals surface area contributed by atoms with Gasteiger partial charge >= 0.3 is 0 Å². The fourth-order valence-corrected chi connectivity index (χ4v) is 5.02. The van der Waals surface area contributed by atoms with Gasteiger partial charge in [-0.1, -0.05) is 12.8 Å². The van der Waals surface area contributed by atoms with Gasteiger partial charge in [-0.15, -0.1) is 0 Å². The number of rotatable bonds is 2. The van der Waals surface area contributed by atoms with E-state index in [0.29, 0.717) is 28.8 Å². The summed E-state index contributed by atoms with van der Waals surface area (Å²) >= 11 is 0. The van der Waals surface area contributed by atoms with Gasteiger partial charge in [-0.05, 0) is 68.7 Å². The molecule has 1 saturated heterocycles. The van der Waals surface area contributed by atoms with Gasteiger partial charge in [0.1, 0.15) is 5.82 Å². The molecule has 2 heterocycles. The Labute approximate surface area is 153 Å². The minimum absolute atomic E-state index is 0.0847. The average molecular weight is 352 g/mol. The van der Waals surface area contributed by atoms with Crippen LogP contribution in [0.3, 0.4) is 0 Å². The Kier molecular flexibility index (Phi) is 3.95. The first-order valence-electron chi connectivity index (χ1n) is 10.1. The number of hydrogen-bond donors (Lipinski definition) is 0. The minimum atomic E-state index is -0.304. The number of carbonyl (C=O) groups excluding carboxylic acids is 1. The molecule has 3 fully saturated rings. The monoisotopic (exact) mass is 352 g/mol. The summed E-state index contributed by atoms with van der Waals surface area (Å²) in [7, 11) is 0. The van der Waals surface area contributed by atoms with Crippen molar-refractivity contribution in [2.24, 2.45) is 5.92 Å². The summed E-state index contributed by atoms with van der Waals surface area (Å²) in [6, 6.07) is 6.96. The molecule has 0 bridgehead atoms.